The van der Waals surface area contributed by atoms with Gasteiger partial charge in [0.25, 0.3) is 0 Å². The molecule has 2 saturated heterocycles. The molecule has 2 atom stereocenters. The lowest BCUT2D eigenvalue weighted by molar-refractivity contribution is -0.122. The Morgan fingerprint density at radius 2 is 2.21 bits per heavy atom. The van der Waals surface area contributed by atoms with Crippen LogP contribution < -0.4 is 10.6 Å². The molecule has 4 rings (SSSR count). The molecule has 0 aromatic heterocycles. The van der Waals surface area contributed by atoms with E-state index >= 15 is 0 Å². The summed E-state index contributed by atoms with van der Waals surface area (Å²) in [6.07, 6.45) is 3.42. The van der Waals surface area contributed by atoms with E-state index in [2.05, 4.69) is 22.8 Å². The molecule has 0 bridgehead atoms. The van der Waals surface area contributed by atoms with Crippen LogP contribution in [0.1, 0.15) is 36.8 Å². The van der Waals surface area contributed by atoms with Gasteiger partial charge in [-0.3, -0.25) is 4.79 Å². The van der Waals surface area contributed by atoms with Crippen molar-refractivity contribution in [2.24, 2.45) is 0 Å². The van der Waals surface area contributed by atoms with E-state index in [9.17, 15) is 9.59 Å². The van der Waals surface area contributed by atoms with E-state index in [1.807, 2.05) is 12.1 Å². The maximum absolute atomic E-state index is 12.6. The monoisotopic (exact) mass is 329 g/mol. The van der Waals surface area contributed by atoms with Gasteiger partial charge in [0.1, 0.15) is 11.6 Å². The molecule has 3 aliphatic rings. The third kappa shape index (κ3) is 2.65. The average molecular weight is 329 g/mol. The number of carbonyl (C=O) groups excluding carboxylic acids is 2. The first-order valence-corrected chi connectivity index (χ1v) is 8.73. The third-order valence-corrected chi connectivity index (χ3v) is 5.36. The minimum absolute atomic E-state index is 0.0720. The molecule has 6 nitrogen and oxygen atoms in total. The van der Waals surface area contributed by atoms with Gasteiger partial charge in [-0.2, -0.15) is 0 Å². The second kappa shape index (κ2) is 6.09. The van der Waals surface area contributed by atoms with Crippen LogP contribution in [-0.4, -0.2) is 42.5 Å². The fraction of sp³-hybridized carbons (Fsp3) is 0.556. The van der Waals surface area contributed by atoms with E-state index in [0.29, 0.717) is 32.7 Å². The molecule has 1 spiro atoms. The van der Waals surface area contributed by atoms with Gasteiger partial charge in [-0.25, -0.2) is 4.79 Å². The number of likely N-dealkylation sites (tertiary alicyclic amines) is 1. The largest absolute Gasteiger partial charge is 0.364 e. The van der Waals surface area contributed by atoms with E-state index in [0.717, 1.165) is 19.3 Å². The molecule has 1 aromatic carbocycles. The summed E-state index contributed by atoms with van der Waals surface area (Å²) in [7, 11) is 0. The summed E-state index contributed by atoms with van der Waals surface area (Å²) in [4.78, 5) is 26.4. The molecule has 24 heavy (non-hydrogen) atoms. The Bertz CT molecular complexity index is 663. The fourth-order valence-electron chi connectivity index (χ4n) is 3.99. The second-order valence-corrected chi connectivity index (χ2v) is 6.90. The minimum Gasteiger partial charge on any atom is -0.364 e. The topological polar surface area (TPSA) is 70.7 Å². The summed E-state index contributed by atoms with van der Waals surface area (Å²) < 4.78 is 6.08. The van der Waals surface area contributed by atoms with Crippen molar-refractivity contribution < 1.29 is 14.3 Å². The predicted molar refractivity (Wildman–Crippen MR) is 88.3 cm³/mol. The quantitative estimate of drug-likeness (QED) is 0.820. The Hall–Kier alpha value is -2.08. The van der Waals surface area contributed by atoms with Crippen LogP contribution in [0.15, 0.2) is 24.3 Å². The van der Waals surface area contributed by atoms with Crippen molar-refractivity contribution in [2.75, 3.05) is 19.6 Å². The van der Waals surface area contributed by atoms with Crippen LogP contribution in [0, 0.1) is 0 Å². The van der Waals surface area contributed by atoms with Crippen molar-refractivity contribution >= 4 is 11.9 Å². The van der Waals surface area contributed by atoms with Gasteiger partial charge in [-0.1, -0.05) is 24.3 Å². The van der Waals surface area contributed by atoms with Crippen LogP contribution in [0.2, 0.25) is 0 Å². The van der Waals surface area contributed by atoms with Crippen molar-refractivity contribution in [1.82, 2.24) is 15.5 Å². The summed E-state index contributed by atoms with van der Waals surface area (Å²) in [5.74, 6) is -0.0720. The molecule has 128 valence electrons. The maximum atomic E-state index is 12.6. The third-order valence-electron chi connectivity index (χ3n) is 5.36. The highest BCUT2D eigenvalue weighted by Gasteiger charge is 2.47. The Labute approximate surface area is 141 Å². The maximum Gasteiger partial charge on any atom is 0.318 e. The molecule has 1 aromatic rings. The summed E-state index contributed by atoms with van der Waals surface area (Å²) in [6, 6.07) is 7.64. The van der Waals surface area contributed by atoms with E-state index in [4.69, 9.17) is 4.74 Å². The smallest absolute Gasteiger partial charge is 0.318 e. The highest BCUT2D eigenvalue weighted by atomic mass is 16.5. The normalized spacial score (nSPS) is 29.2. The number of ether oxygens (including phenoxy) is 1. The van der Waals surface area contributed by atoms with Crippen molar-refractivity contribution in [3.8, 4) is 0 Å². The van der Waals surface area contributed by atoms with Crippen LogP contribution >= 0.6 is 0 Å². The number of nitrogens with one attached hydrogen (secondary N) is 2. The molecule has 3 heterocycles. The van der Waals surface area contributed by atoms with Crippen molar-refractivity contribution in [2.45, 2.75) is 43.9 Å². The van der Waals surface area contributed by atoms with E-state index in [1.54, 1.807) is 4.90 Å². The first-order chi connectivity index (χ1) is 11.7. The predicted octanol–water partition coefficient (Wildman–Crippen LogP) is 1.50. The molecule has 3 aliphatic heterocycles. The van der Waals surface area contributed by atoms with Gasteiger partial charge in [-0.15, -0.1) is 0 Å². The van der Waals surface area contributed by atoms with E-state index in [-0.39, 0.29) is 17.5 Å². The van der Waals surface area contributed by atoms with Gasteiger partial charge in [0.2, 0.25) is 5.91 Å². The van der Waals surface area contributed by atoms with Crippen LogP contribution in [0.5, 0.6) is 0 Å². The number of hydrogen-bond donors (Lipinski definition) is 2. The number of nitrogens with zero attached hydrogens (tertiary/aromatic N) is 1. The van der Waals surface area contributed by atoms with Gasteiger partial charge in [0.05, 0.1) is 13.2 Å². The van der Waals surface area contributed by atoms with Gasteiger partial charge in [0, 0.05) is 19.5 Å². The van der Waals surface area contributed by atoms with Crippen molar-refractivity contribution in [1.29, 1.82) is 0 Å². The molecule has 2 fully saturated rings. The Balaban J connectivity index is 1.43. The number of urea groups is 1. The molecule has 0 saturated carbocycles. The molecule has 0 unspecified atom stereocenters. The number of hydrogen-bond acceptors (Lipinski definition) is 3. The summed E-state index contributed by atoms with van der Waals surface area (Å²) in [5, 5.41) is 5.76. The number of fused-ring (bicyclic) bond motifs is 2. The fourth-order valence-corrected chi connectivity index (χ4v) is 3.99. The molecular formula is C18H23N3O3. The first-order valence-electron chi connectivity index (χ1n) is 8.73. The second-order valence-electron chi connectivity index (χ2n) is 6.90. The van der Waals surface area contributed by atoms with Gasteiger partial charge >= 0.3 is 6.03 Å². The zero-order valence-electron chi connectivity index (χ0n) is 13.7. The molecule has 0 aliphatic carbocycles. The standard InChI is InChI=1S/C18H23N3O3/c22-16-15(7-3-4-9-19-16)20-17(23)21-10-8-18(12-21)14-6-2-1-5-13(14)11-24-18/h1-2,5-6,15H,3-4,7-12H2,(H,19,22)(H,20,23)/t15-,18+/m1/s1. The molecule has 3 amide bonds. The van der Waals surface area contributed by atoms with Gasteiger partial charge < -0.3 is 20.3 Å². The summed E-state index contributed by atoms with van der Waals surface area (Å²) >= 11 is 0. The van der Waals surface area contributed by atoms with Crippen LogP contribution in [0.4, 0.5) is 4.79 Å². The lowest BCUT2D eigenvalue weighted by atomic mass is 9.92. The van der Waals surface area contributed by atoms with E-state index in [1.165, 1.54) is 11.1 Å². The highest BCUT2D eigenvalue weighted by Crippen LogP contribution is 2.43. The van der Waals surface area contributed by atoms with Crippen molar-refractivity contribution in [3.63, 3.8) is 0 Å². The molecule has 2 N–H and O–H groups in total. The lowest BCUT2D eigenvalue weighted by Crippen LogP contribution is -2.50. The number of amides is 3. The number of benzene rings is 1. The van der Waals surface area contributed by atoms with E-state index < -0.39 is 6.04 Å². The molecular weight excluding hydrogens is 306 g/mol. The Morgan fingerprint density at radius 1 is 1.33 bits per heavy atom. The minimum atomic E-state index is -0.423. The average Bonchev–Trinajstić information content (AvgIpc) is 3.13. The highest BCUT2D eigenvalue weighted by molar-refractivity contribution is 5.87. The molecule has 6 heteroatoms. The Morgan fingerprint density at radius 3 is 3.12 bits per heavy atom. The number of carbonyl (C=O) groups is 2. The van der Waals surface area contributed by atoms with Gasteiger partial charge in [-0.05, 0) is 30.4 Å². The zero-order valence-corrected chi connectivity index (χ0v) is 13.7. The van der Waals surface area contributed by atoms with Crippen LogP contribution in [-0.2, 0) is 21.7 Å². The number of rotatable bonds is 1. The molecule has 0 radical (unpaired) electrons. The summed E-state index contributed by atoms with van der Waals surface area (Å²) in [6.45, 7) is 2.50. The SMILES string of the molecule is O=C1NCCCC[C@H]1NC(=O)N1CC[C@@]2(C1)OCc1ccccc12. The lowest BCUT2D eigenvalue weighted by Gasteiger charge is -2.26. The summed E-state index contributed by atoms with van der Waals surface area (Å²) in [5.41, 5.74) is 2.04. The van der Waals surface area contributed by atoms with Crippen LogP contribution in [0.3, 0.4) is 0 Å². The van der Waals surface area contributed by atoms with Crippen LogP contribution in [0.25, 0.3) is 0 Å². The zero-order chi connectivity index (χ0) is 16.6. The first kappa shape index (κ1) is 15.4. The Kier molecular flexibility index (Phi) is 3.92. The van der Waals surface area contributed by atoms with Gasteiger partial charge in [0.15, 0.2) is 0 Å². The van der Waals surface area contributed by atoms with Crippen molar-refractivity contribution in [3.05, 3.63) is 35.4 Å².